The van der Waals surface area contributed by atoms with Gasteiger partial charge in [-0.3, -0.25) is 4.99 Å². The van der Waals surface area contributed by atoms with Crippen molar-refractivity contribution in [1.29, 1.82) is 0 Å². The van der Waals surface area contributed by atoms with E-state index in [2.05, 4.69) is 50.0 Å². The lowest BCUT2D eigenvalue weighted by atomic mass is 10.2. The van der Waals surface area contributed by atoms with E-state index in [0.717, 1.165) is 49.4 Å². The second-order valence-electron chi connectivity index (χ2n) is 6.64. The number of anilines is 1. The van der Waals surface area contributed by atoms with Crippen LogP contribution in [0.15, 0.2) is 47.7 Å². The summed E-state index contributed by atoms with van der Waals surface area (Å²) >= 11 is 0. The summed E-state index contributed by atoms with van der Waals surface area (Å²) in [6.45, 7) is 8.33. The highest BCUT2D eigenvalue weighted by Crippen LogP contribution is 2.17. The Kier molecular flexibility index (Phi) is 6.46. The highest BCUT2D eigenvalue weighted by Gasteiger charge is 2.21. The minimum atomic E-state index is 0.0434. The van der Waals surface area contributed by atoms with E-state index < -0.39 is 0 Å². The number of nitrogens with one attached hydrogen (secondary N) is 1. The summed E-state index contributed by atoms with van der Waals surface area (Å²) in [7, 11) is 1.82. The topological polar surface area (TPSA) is 65.9 Å². The maximum Gasteiger partial charge on any atom is 0.225 e. The standard InChI is InChI=1S/C20H28N6O/c1-16-7-4-5-8-18(16)27-17(2)15-24-19(21-3)25-11-13-26(14-12-25)20-22-9-6-10-23-20/h4-10,17H,11-15H2,1-3H3,(H,21,24). The largest absolute Gasteiger partial charge is 0.489 e. The lowest BCUT2D eigenvalue weighted by Crippen LogP contribution is -2.53. The summed E-state index contributed by atoms with van der Waals surface area (Å²) < 4.78 is 6.04. The number of aryl methyl sites for hydroxylation is 1. The van der Waals surface area contributed by atoms with E-state index in [-0.39, 0.29) is 6.10 Å². The van der Waals surface area contributed by atoms with Gasteiger partial charge in [0.1, 0.15) is 11.9 Å². The molecule has 2 aromatic rings. The molecule has 1 fully saturated rings. The van der Waals surface area contributed by atoms with Gasteiger partial charge in [-0.2, -0.15) is 0 Å². The van der Waals surface area contributed by atoms with Gasteiger partial charge in [0.15, 0.2) is 5.96 Å². The molecule has 0 saturated carbocycles. The number of para-hydroxylation sites is 1. The number of aliphatic imine (C=N–C) groups is 1. The summed E-state index contributed by atoms with van der Waals surface area (Å²) in [6, 6.07) is 9.92. The number of benzene rings is 1. The number of nitrogens with zero attached hydrogens (tertiary/aromatic N) is 5. The maximum absolute atomic E-state index is 6.04. The molecule has 1 aromatic heterocycles. The Labute approximate surface area is 161 Å². The SMILES string of the molecule is CN=C(NCC(C)Oc1ccccc1C)N1CCN(c2ncccn2)CC1. The van der Waals surface area contributed by atoms with Crippen molar-refractivity contribution >= 4 is 11.9 Å². The van der Waals surface area contributed by atoms with Crippen LogP contribution in [-0.4, -0.2) is 66.7 Å². The predicted molar refractivity (Wildman–Crippen MR) is 108 cm³/mol. The van der Waals surface area contributed by atoms with Crippen LogP contribution >= 0.6 is 0 Å². The van der Waals surface area contributed by atoms with Crippen LogP contribution < -0.4 is 15.0 Å². The fraction of sp³-hybridized carbons (Fsp3) is 0.450. The molecule has 1 aromatic carbocycles. The lowest BCUT2D eigenvalue weighted by Gasteiger charge is -2.36. The number of aromatic nitrogens is 2. The lowest BCUT2D eigenvalue weighted by molar-refractivity contribution is 0.220. The minimum absolute atomic E-state index is 0.0434. The van der Waals surface area contributed by atoms with Gasteiger partial charge in [0, 0.05) is 45.6 Å². The van der Waals surface area contributed by atoms with Crippen molar-refractivity contribution in [3.63, 3.8) is 0 Å². The van der Waals surface area contributed by atoms with Crippen LogP contribution in [-0.2, 0) is 0 Å². The van der Waals surface area contributed by atoms with Crippen molar-refractivity contribution in [2.75, 3.05) is 44.7 Å². The Morgan fingerprint density at radius 1 is 1.15 bits per heavy atom. The van der Waals surface area contributed by atoms with Crippen LogP contribution in [0.2, 0.25) is 0 Å². The van der Waals surface area contributed by atoms with E-state index in [4.69, 9.17) is 4.74 Å². The third kappa shape index (κ3) is 5.09. The van der Waals surface area contributed by atoms with E-state index >= 15 is 0 Å². The zero-order valence-electron chi connectivity index (χ0n) is 16.3. The van der Waals surface area contributed by atoms with E-state index in [1.165, 1.54) is 0 Å². The summed E-state index contributed by atoms with van der Waals surface area (Å²) in [6.07, 6.45) is 3.61. The second-order valence-corrected chi connectivity index (χ2v) is 6.64. The molecule has 1 aliphatic heterocycles. The number of hydrogen-bond acceptors (Lipinski definition) is 5. The fourth-order valence-electron chi connectivity index (χ4n) is 3.09. The Bertz CT molecular complexity index is 743. The van der Waals surface area contributed by atoms with Gasteiger partial charge in [-0.1, -0.05) is 18.2 Å². The first-order chi connectivity index (χ1) is 13.2. The molecule has 0 amide bonds. The molecule has 1 atom stereocenters. The van der Waals surface area contributed by atoms with Crippen molar-refractivity contribution in [2.45, 2.75) is 20.0 Å². The van der Waals surface area contributed by atoms with Gasteiger partial charge in [0.2, 0.25) is 5.95 Å². The number of hydrogen-bond donors (Lipinski definition) is 1. The smallest absolute Gasteiger partial charge is 0.225 e. The summed E-state index contributed by atoms with van der Waals surface area (Å²) in [4.78, 5) is 17.6. The van der Waals surface area contributed by atoms with E-state index in [9.17, 15) is 0 Å². The van der Waals surface area contributed by atoms with Crippen LogP contribution in [0.1, 0.15) is 12.5 Å². The molecule has 0 bridgehead atoms. The summed E-state index contributed by atoms with van der Waals surface area (Å²) in [5.74, 6) is 2.63. The first-order valence-corrected chi connectivity index (χ1v) is 9.37. The molecule has 0 radical (unpaired) electrons. The average molecular weight is 368 g/mol. The predicted octanol–water partition coefficient (Wildman–Crippen LogP) is 1.95. The third-order valence-electron chi connectivity index (χ3n) is 4.60. The molecule has 0 aliphatic carbocycles. The van der Waals surface area contributed by atoms with Crippen molar-refractivity contribution in [2.24, 2.45) is 4.99 Å². The van der Waals surface area contributed by atoms with E-state index in [0.29, 0.717) is 6.54 Å². The second kappa shape index (κ2) is 9.21. The summed E-state index contributed by atoms with van der Waals surface area (Å²) in [5.41, 5.74) is 1.15. The highest BCUT2D eigenvalue weighted by atomic mass is 16.5. The first-order valence-electron chi connectivity index (χ1n) is 9.37. The zero-order valence-corrected chi connectivity index (χ0v) is 16.3. The van der Waals surface area contributed by atoms with Crippen molar-refractivity contribution in [3.8, 4) is 5.75 Å². The van der Waals surface area contributed by atoms with Crippen LogP contribution in [0.5, 0.6) is 5.75 Å². The highest BCUT2D eigenvalue weighted by molar-refractivity contribution is 5.80. The molecule has 144 valence electrons. The molecule has 2 heterocycles. The van der Waals surface area contributed by atoms with Crippen LogP contribution in [0.4, 0.5) is 5.95 Å². The number of rotatable bonds is 5. The average Bonchev–Trinajstić information content (AvgIpc) is 2.71. The van der Waals surface area contributed by atoms with E-state index in [1.807, 2.05) is 31.3 Å². The van der Waals surface area contributed by atoms with E-state index in [1.54, 1.807) is 12.4 Å². The van der Waals surface area contributed by atoms with Gasteiger partial charge >= 0.3 is 0 Å². The summed E-state index contributed by atoms with van der Waals surface area (Å²) in [5, 5.41) is 3.43. The molecular formula is C20H28N6O. The van der Waals surface area contributed by atoms with Crippen molar-refractivity contribution in [1.82, 2.24) is 20.2 Å². The molecule has 1 aliphatic rings. The minimum Gasteiger partial charge on any atom is -0.489 e. The Hall–Kier alpha value is -2.83. The van der Waals surface area contributed by atoms with Gasteiger partial charge < -0.3 is 19.9 Å². The molecule has 1 unspecified atom stereocenters. The van der Waals surface area contributed by atoms with Gasteiger partial charge in [-0.05, 0) is 31.5 Å². The molecule has 7 heteroatoms. The van der Waals surface area contributed by atoms with Gasteiger partial charge in [-0.25, -0.2) is 9.97 Å². The zero-order chi connectivity index (χ0) is 19.1. The van der Waals surface area contributed by atoms with Crippen LogP contribution in [0.3, 0.4) is 0 Å². The van der Waals surface area contributed by atoms with Crippen LogP contribution in [0.25, 0.3) is 0 Å². The first kappa shape index (κ1) is 18.9. The van der Waals surface area contributed by atoms with Gasteiger partial charge in [0.05, 0.1) is 6.54 Å². The quantitative estimate of drug-likeness (QED) is 0.643. The molecule has 1 saturated heterocycles. The molecular weight excluding hydrogens is 340 g/mol. The maximum atomic E-state index is 6.04. The van der Waals surface area contributed by atoms with Crippen LogP contribution in [0, 0.1) is 6.92 Å². The molecule has 0 spiro atoms. The Morgan fingerprint density at radius 3 is 2.52 bits per heavy atom. The van der Waals surface area contributed by atoms with Crippen molar-refractivity contribution < 1.29 is 4.74 Å². The van der Waals surface area contributed by atoms with Gasteiger partial charge in [-0.15, -0.1) is 0 Å². The molecule has 27 heavy (non-hydrogen) atoms. The van der Waals surface area contributed by atoms with Crippen molar-refractivity contribution in [3.05, 3.63) is 48.3 Å². The normalized spacial score (nSPS) is 16.2. The molecule has 1 N–H and O–H groups in total. The number of piperazine rings is 1. The molecule has 3 rings (SSSR count). The molecule has 7 nitrogen and oxygen atoms in total. The van der Waals surface area contributed by atoms with Gasteiger partial charge in [0.25, 0.3) is 0 Å². The number of ether oxygens (including phenoxy) is 1. The third-order valence-corrected chi connectivity index (χ3v) is 4.60. The fourth-order valence-corrected chi connectivity index (χ4v) is 3.09. The number of guanidine groups is 1. The Balaban J connectivity index is 1.48. The monoisotopic (exact) mass is 368 g/mol. The Morgan fingerprint density at radius 2 is 1.85 bits per heavy atom.